The number of hydrogen-bond donors (Lipinski definition) is 2. The third-order valence-corrected chi connectivity index (χ3v) is 3.85. The molecule has 0 fully saturated rings. The van der Waals surface area contributed by atoms with E-state index in [1.807, 2.05) is 24.3 Å². The van der Waals surface area contributed by atoms with Crippen molar-refractivity contribution in [1.29, 1.82) is 0 Å². The fourth-order valence-electron chi connectivity index (χ4n) is 2.50. The second-order valence-corrected chi connectivity index (χ2v) is 5.30. The van der Waals surface area contributed by atoms with Crippen LogP contribution < -0.4 is 5.32 Å². The maximum absolute atomic E-state index is 12.3. The highest BCUT2D eigenvalue weighted by Gasteiger charge is 2.39. The zero-order chi connectivity index (χ0) is 16.7. The van der Waals surface area contributed by atoms with Crippen LogP contribution in [0.25, 0.3) is 0 Å². The third-order valence-electron chi connectivity index (χ3n) is 3.85. The maximum Gasteiger partial charge on any atom is 0.334 e. The largest absolute Gasteiger partial charge is 0.479 e. The lowest BCUT2D eigenvalue weighted by Crippen LogP contribution is -2.51. The molecule has 0 aliphatic heterocycles. The van der Waals surface area contributed by atoms with Crippen LogP contribution in [0.5, 0.6) is 0 Å². The van der Waals surface area contributed by atoms with Gasteiger partial charge in [0.25, 0.3) is 0 Å². The minimum Gasteiger partial charge on any atom is -0.479 e. The van der Waals surface area contributed by atoms with Crippen molar-refractivity contribution in [1.82, 2.24) is 10.3 Å². The van der Waals surface area contributed by atoms with Gasteiger partial charge in [0.2, 0.25) is 5.91 Å². The molecule has 2 aromatic rings. The first-order valence-electron chi connectivity index (χ1n) is 7.58. The first-order chi connectivity index (χ1) is 11.1. The van der Waals surface area contributed by atoms with Crippen LogP contribution in [0.15, 0.2) is 54.7 Å². The Hall–Kier alpha value is -2.69. The first kappa shape index (κ1) is 16.7. The van der Waals surface area contributed by atoms with E-state index < -0.39 is 11.5 Å². The Kier molecular flexibility index (Phi) is 5.46. The van der Waals surface area contributed by atoms with Crippen molar-refractivity contribution < 1.29 is 14.7 Å². The molecule has 1 amide bonds. The molecule has 2 rings (SSSR count). The van der Waals surface area contributed by atoms with Crippen molar-refractivity contribution in [3.05, 3.63) is 66.0 Å². The molecule has 0 saturated carbocycles. The number of pyridine rings is 1. The Balaban J connectivity index is 2.12. The van der Waals surface area contributed by atoms with Gasteiger partial charge in [0.05, 0.1) is 0 Å². The van der Waals surface area contributed by atoms with E-state index in [2.05, 4.69) is 10.3 Å². The standard InChI is InChI=1S/C18H20N2O3/c1-2-18(17(22)23,14-8-4-3-5-9-14)20-16(21)12-11-15-10-6-7-13-19-15/h3-10,13H,2,11-12H2,1H3,(H,20,21)(H,22,23). The average molecular weight is 312 g/mol. The third kappa shape index (κ3) is 3.94. The van der Waals surface area contributed by atoms with Crippen LogP contribution >= 0.6 is 0 Å². The van der Waals surface area contributed by atoms with Crippen LogP contribution in [-0.4, -0.2) is 22.0 Å². The van der Waals surface area contributed by atoms with Crippen LogP contribution in [0.3, 0.4) is 0 Å². The Morgan fingerprint density at radius 2 is 1.83 bits per heavy atom. The number of aryl methyl sites for hydroxylation is 1. The SMILES string of the molecule is CCC(NC(=O)CCc1ccccn1)(C(=O)O)c1ccccc1. The van der Waals surface area contributed by atoms with E-state index in [4.69, 9.17) is 0 Å². The zero-order valence-electron chi connectivity index (χ0n) is 13.0. The lowest BCUT2D eigenvalue weighted by Gasteiger charge is -2.30. The molecule has 0 radical (unpaired) electrons. The Morgan fingerprint density at radius 3 is 2.39 bits per heavy atom. The van der Waals surface area contributed by atoms with Gasteiger partial charge in [-0.05, 0) is 30.5 Å². The average Bonchev–Trinajstić information content (AvgIpc) is 2.59. The smallest absolute Gasteiger partial charge is 0.334 e. The molecule has 1 unspecified atom stereocenters. The fourth-order valence-corrected chi connectivity index (χ4v) is 2.50. The second kappa shape index (κ2) is 7.54. The number of benzene rings is 1. The summed E-state index contributed by atoms with van der Waals surface area (Å²) in [5.41, 5.74) is -0.0244. The summed E-state index contributed by atoms with van der Waals surface area (Å²) < 4.78 is 0. The van der Waals surface area contributed by atoms with Crippen molar-refractivity contribution >= 4 is 11.9 Å². The molecular weight excluding hydrogens is 292 g/mol. The van der Waals surface area contributed by atoms with Crippen molar-refractivity contribution in [2.75, 3.05) is 0 Å². The lowest BCUT2D eigenvalue weighted by atomic mass is 9.87. The summed E-state index contributed by atoms with van der Waals surface area (Å²) >= 11 is 0. The minimum atomic E-state index is -1.40. The predicted octanol–water partition coefficient (Wildman–Crippen LogP) is 2.52. The second-order valence-electron chi connectivity index (χ2n) is 5.30. The zero-order valence-corrected chi connectivity index (χ0v) is 13.0. The van der Waals surface area contributed by atoms with Crippen LogP contribution in [0, 0.1) is 0 Å². The molecule has 2 N–H and O–H groups in total. The molecule has 0 aliphatic carbocycles. The van der Waals surface area contributed by atoms with Gasteiger partial charge in [-0.3, -0.25) is 9.78 Å². The van der Waals surface area contributed by atoms with Crippen LogP contribution in [-0.2, 0) is 21.5 Å². The molecule has 1 heterocycles. The van der Waals surface area contributed by atoms with Crippen LogP contribution in [0.4, 0.5) is 0 Å². The Morgan fingerprint density at radius 1 is 1.13 bits per heavy atom. The number of carbonyl (C=O) groups excluding carboxylic acids is 1. The van der Waals surface area contributed by atoms with Gasteiger partial charge in [-0.2, -0.15) is 0 Å². The van der Waals surface area contributed by atoms with Crippen molar-refractivity contribution in [2.24, 2.45) is 0 Å². The molecule has 1 aromatic carbocycles. The number of nitrogens with one attached hydrogen (secondary N) is 1. The summed E-state index contributed by atoms with van der Waals surface area (Å²) in [5.74, 6) is -1.36. The molecule has 120 valence electrons. The topological polar surface area (TPSA) is 79.3 Å². The predicted molar refractivity (Wildman–Crippen MR) is 86.7 cm³/mol. The molecule has 0 bridgehead atoms. The summed E-state index contributed by atoms with van der Waals surface area (Å²) in [5, 5.41) is 12.4. The first-order valence-corrected chi connectivity index (χ1v) is 7.58. The summed E-state index contributed by atoms with van der Waals surface area (Å²) in [4.78, 5) is 28.3. The Bertz CT molecular complexity index is 658. The van der Waals surface area contributed by atoms with Gasteiger partial charge in [0.15, 0.2) is 5.54 Å². The number of aromatic nitrogens is 1. The van der Waals surface area contributed by atoms with Gasteiger partial charge in [0, 0.05) is 18.3 Å². The highest BCUT2D eigenvalue weighted by Crippen LogP contribution is 2.25. The number of aliphatic carboxylic acids is 1. The molecule has 1 aromatic heterocycles. The maximum atomic E-state index is 12.3. The number of nitrogens with zero attached hydrogens (tertiary/aromatic N) is 1. The molecule has 5 nitrogen and oxygen atoms in total. The summed E-state index contributed by atoms with van der Waals surface area (Å²) in [6.45, 7) is 1.75. The number of hydrogen-bond acceptors (Lipinski definition) is 3. The van der Waals surface area contributed by atoms with E-state index in [1.165, 1.54) is 0 Å². The molecule has 0 spiro atoms. The Labute approximate surface area is 135 Å². The van der Waals surface area contributed by atoms with E-state index in [1.54, 1.807) is 37.4 Å². The van der Waals surface area contributed by atoms with E-state index in [-0.39, 0.29) is 18.7 Å². The molecule has 0 saturated heterocycles. The molecule has 5 heteroatoms. The van der Waals surface area contributed by atoms with Gasteiger partial charge >= 0.3 is 5.97 Å². The van der Waals surface area contributed by atoms with Crippen molar-refractivity contribution in [2.45, 2.75) is 31.7 Å². The van der Waals surface area contributed by atoms with Gasteiger partial charge in [0.1, 0.15) is 0 Å². The fraction of sp³-hybridized carbons (Fsp3) is 0.278. The number of carboxylic acids is 1. The van der Waals surface area contributed by atoms with Gasteiger partial charge in [-0.15, -0.1) is 0 Å². The number of amides is 1. The molecule has 23 heavy (non-hydrogen) atoms. The highest BCUT2D eigenvalue weighted by molar-refractivity contribution is 5.88. The lowest BCUT2D eigenvalue weighted by molar-refractivity contribution is -0.148. The summed E-state index contributed by atoms with van der Waals surface area (Å²) in [7, 11) is 0. The number of carbonyl (C=O) groups is 2. The van der Waals surface area contributed by atoms with E-state index in [9.17, 15) is 14.7 Å². The van der Waals surface area contributed by atoms with Crippen molar-refractivity contribution in [3.63, 3.8) is 0 Å². The van der Waals surface area contributed by atoms with E-state index in [0.717, 1.165) is 5.69 Å². The van der Waals surface area contributed by atoms with Crippen molar-refractivity contribution in [3.8, 4) is 0 Å². The molecule has 0 aliphatic rings. The van der Waals surface area contributed by atoms with E-state index >= 15 is 0 Å². The minimum absolute atomic E-state index is 0.193. The monoisotopic (exact) mass is 312 g/mol. The molecule has 1 atom stereocenters. The van der Waals surface area contributed by atoms with Crippen LogP contribution in [0.1, 0.15) is 31.0 Å². The summed E-state index contributed by atoms with van der Waals surface area (Å²) in [6, 6.07) is 14.3. The van der Waals surface area contributed by atoms with Gasteiger partial charge < -0.3 is 10.4 Å². The van der Waals surface area contributed by atoms with Gasteiger partial charge in [-0.1, -0.05) is 43.3 Å². The van der Waals surface area contributed by atoms with Crippen LogP contribution in [0.2, 0.25) is 0 Å². The van der Waals surface area contributed by atoms with Gasteiger partial charge in [-0.25, -0.2) is 4.79 Å². The normalized spacial score (nSPS) is 13.1. The quantitative estimate of drug-likeness (QED) is 0.823. The number of rotatable bonds is 7. The van der Waals surface area contributed by atoms with E-state index in [0.29, 0.717) is 12.0 Å². The summed E-state index contributed by atoms with van der Waals surface area (Å²) in [6.07, 6.45) is 2.60. The molecular formula is C18H20N2O3. The highest BCUT2D eigenvalue weighted by atomic mass is 16.4. The number of carboxylic acid groups (broad SMARTS) is 1.